The zero-order valence-electron chi connectivity index (χ0n) is 15.3. The fourth-order valence-electron chi connectivity index (χ4n) is 2.86. The van der Waals surface area contributed by atoms with Gasteiger partial charge in [0.2, 0.25) is 0 Å². The Bertz CT molecular complexity index is 786. The third kappa shape index (κ3) is 6.00. The minimum atomic E-state index is -1.21. The van der Waals surface area contributed by atoms with E-state index in [-0.39, 0.29) is 17.4 Å². The molecule has 1 atom stereocenters. The van der Waals surface area contributed by atoms with Crippen molar-refractivity contribution in [3.63, 3.8) is 0 Å². The van der Waals surface area contributed by atoms with Gasteiger partial charge in [0.05, 0.1) is 16.6 Å². The smallest absolute Gasteiger partial charge is 0.287 e. The van der Waals surface area contributed by atoms with Gasteiger partial charge in [-0.15, -0.1) is 0 Å². The number of hydrogen-bond acceptors (Lipinski definition) is 5. The van der Waals surface area contributed by atoms with E-state index >= 15 is 0 Å². The minimum absolute atomic E-state index is 0.232. The third-order valence-corrected chi connectivity index (χ3v) is 6.42. The molecule has 6 nitrogen and oxygen atoms in total. The molecular weight excluding hydrogens is 430 g/mol. The summed E-state index contributed by atoms with van der Waals surface area (Å²) >= 11 is 3.36. The summed E-state index contributed by atoms with van der Waals surface area (Å²) in [6, 6.07) is 10.7. The predicted octanol–water partition coefficient (Wildman–Crippen LogP) is 2.33. The van der Waals surface area contributed by atoms with Crippen LogP contribution in [0.3, 0.4) is 0 Å². The van der Waals surface area contributed by atoms with E-state index in [1.165, 1.54) is 0 Å². The first-order valence-corrected chi connectivity index (χ1v) is 11.0. The van der Waals surface area contributed by atoms with E-state index in [1.54, 1.807) is 12.1 Å². The molecule has 8 heteroatoms. The monoisotopic (exact) mass is 453 g/mol. The second-order valence-corrected chi connectivity index (χ2v) is 8.98. The van der Waals surface area contributed by atoms with Crippen LogP contribution in [-0.4, -0.2) is 66.2 Å². The van der Waals surface area contributed by atoms with Crippen LogP contribution in [0.5, 0.6) is 0 Å². The van der Waals surface area contributed by atoms with Crippen molar-refractivity contribution in [2.75, 3.05) is 46.3 Å². The fourth-order valence-corrected chi connectivity index (χ4v) is 4.15. The van der Waals surface area contributed by atoms with E-state index in [1.807, 2.05) is 24.3 Å². The molecule has 3 rings (SSSR count). The number of benzene rings is 1. The van der Waals surface area contributed by atoms with Gasteiger partial charge >= 0.3 is 0 Å². The lowest BCUT2D eigenvalue weighted by Gasteiger charge is -2.32. The highest BCUT2D eigenvalue weighted by atomic mass is 79.9. The van der Waals surface area contributed by atoms with Gasteiger partial charge in [-0.3, -0.25) is 13.9 Å². The molecule has 1 aromatic heterocycles. The van der Waals surface area contributed by atoms with Crippen LogP contribution in [0, 0.1) is 0 Å². The molecule has 1 N–H and O–H groups in total. The Balaban J connectivity index is 1.46. The molecule has 2 aromatic rings. The molecule has 0 unspecified atom stereocenters. The summed E-state index contributed by atoms with van der Waals surface area (Å²) < 4.78 is 18.9. The Morgan fingerprint density at radius 1 is 1.15 bits per heavy atom. The average molecular weight is 454 g/mol. The molecule has 1 fully saturated rings. The maximum atomic E-state index is 12.4. The quantitative estimate of drug-likeness (QED) is 0.696. The van der Waals surface area contributed by atoms with Crippen molar-refractivity contribution in [1.82, 2.24) is 15.1 Å². The molecule has 27 heavy (non-hydrogen) atoms. The van der Waals surface area contributed by atoms with Gasteiger partial charge in [0.15, 0.2) is 5.76 Å². The molecule has 0 aliphatic carbocycles. The molecule has 146 valence electrons. The lowest BCUT2D eigenvalue weighted by Crippen LogP contribution is -2.46. The van der Waals surface area contributed by atoms with E-state index < -0.39 is 10.8 Å². The number of nitrogens with one attached hydrogen (secondary N) is 1. The number of likely N-dealkylation sites (N-methyl/N-ethyl adjacent to an activating group) is 1. The molecule has 1 saturated heterocycles. The van der Waals surface area contributed by atoms with Crippen molar-refractivity contribution >= 4 is 32.6 Å². The number of rotatable bonds is 7. The van der Waals surface area contributed by atoms with E-state index in [2.05, 4.69) is 38.1 Å². The summed E-state index contributed by atoms with van der Waals surface area (Å²) in [4.78, 5) is 17.6. The Morgan fingerprint density at radius 3 is 2.56 bits per heavy atom. The van der Waals surface area contributed by atoms with Gasteiger partial charge in [-0.25, -0.2) is 0 Å². The highest BCUT2D eigenvalue weighted by Gasteiger charge is 2.16. The molecule has 1 aliphatic heterocycles. The first-order chi connectivity index (χ1) is 13.0. The molecule has 0 radical (unpaired) electrons. The topological polar surface area (TPSA) is 65.8 Å². The highest BCUT2D eigenvalue weighted by molar-refractivity contribution is 9.10. The number of amides is 1. The molecular formula is C19H24BrN3O3S. The van der Waals surface area contributed by atoms with Crippen LogP contribution in [0.2, 0.25) is 0 Å². The third-order valence-electron chi connectivity index (χ3n) is 4.54. The van der Waals surface area contributed by atoms with Crippen LogP contribution in [0.1, 0.15) is 16.3 Å². The van der Waals surface area contributed by atoms with Crippen LogP contribution in [0.15, 0.2) is 50.2 Å². The second-order valence-electron chi connectivity index (χ2n) is 6.61. The molecule has 0 saturated carbocycles. The second kappa shape index (κ2) is 9.64. The van der Waals surface area contributed by atoms with Crippen molar-refractivity contribution in [2.45, 2.75) is 10.6 Å². The van der Waals surface area contributed by atoms with Crippen LogP contribution in [0.4, 0.5) is 0 Å². The van der Waals surface area contributed by atoms with Crippen molar-refractivity contribution in [3.05, 3.63) is 52.4 Å². The molecule has 1 aromatic carbocycles. The summed E-state index contributed by atoms with van der Waals surface area (Å²) in [5, 5.41) is 2.89. The van der Waals surface area contributed by atoms with Crippen LogP contribution in [0.25, 0.3) is 0 Å². The van der Waals surface area contributed by atoms with Crippen molar-refractivity contribution in [2.24, 2.45) is 0 Å². The minimum Gasteiger partial charge on any atom is -0.455 e. The normalized spacial score (nSPS) is 17.0. The number of nitrogens with zero attached hydrogens (tertiary/aromatic N) is 2. The van der Waals surface area contributed by atoms with Gasteiger partial charge in [0, 0.05) is 48.6 Å². The molecule has 1 amide bonds. The lowest BCUT2D eigenvalue weighted by molar-refractivity contribution is 0.0912. The standard InChI is InChI=1S/C19H24BrN3O3S/c1-22-10-12-23(13-11-22)9-8-21-19(24)18-7-4-16(26-18)14-27(25)17-5-2-15(20)3-6-17/h2-7H,8-14H2,1H3,(H,21,24)/t27-/m0/s1. The Labute approximate surface area is 170 Å². The number of piperazine rings is 1. The van der Waals surface area contributed by atoms with E-state index in [0.717, 1.165) is 42.1 Å². The first-order valence-electron chi connectivity index (χ1n) is 8.93. The van der Waals surface area contributed by atoms with Crippen LogP contribution < -0.4 is 5.32 Å². The van der Waals surface area contributed by atoms with Crippen molar-refractivity contribution < 1.29 is 13.4 Å². The van der Waals surface area contributed by atoms with Gasteiger partial charge in [-0.1, -0.05) is 15.9 Å². The van der Waals surface area contributed by atoms with Crippen LogP contribution in [-0.2, 0) is 16.6 Å². The Hall–Kier alpha value is -1.48. The van der Waals surface area contributed by atoms with Crippen molar-refractivity contribution in [3.8, 4) is 0 Å². The summed E-state index contributed by atoms with van der Waals surface area (Å²) in [5.41, 5.74) is 0. The van der Waals surface area contributed by atoms with Gasteiger partial charge < -0.3 is 14.6 Å². The summed E-state index contributed by atoms with van der Waals surface area (Å²) in [5.74, 6) is 0.817. The van der Waals surface area contributed by atoms with E-state index in [0.29, 0.717) is 12.3 Å². The number of furan rings is 1. The van der Waals surface area contributed by atoms with Gasteiger partial charge in [0.1, 0.15) is 5.76 Å². The maximum absolute atomic E-state index is 12.4. The number of carbonyl (C=O) groups is 1. The number of carbonyl (C=O) groups excluding carboxylic acids is 1. The molecule has 2 heterocycles. The van der Waals surface area contributed by atoms with E-state index in [4.69, 9.17) is 4.42 Å². The fraction of sp³-hybridized carbons (Fsp3) is 0.421. The van der Waals surface area contributed by atoms with Crippen molar-refractivity contribution in [1.29, 1.82) is 0 Å². The number of hydrogen-bond donors (Lipinski definition) is 1. The SMILES string of the molecule is CN1CCN(CCNC(=O)c2ccc(C[S@](=O)c3ccc(Br)cc3)o2)CC1. The highest BCUT2D eigenvalue weighted by Crippen LogP contribution is 2.17. The largest absolute Gasteiger partial charge is 0.455 e. The van der Waals surface area contributed by atoms with Gasteiger partial charge in [-0.2, -0.15) is 0 Å². The average Bonchev–Trinajstić information content (AvgIpc) is 3.12. The lowest BCUT2D eigenvalue weighted by atomic mass is 10.3. The summed E-state index contributed by atoms with van der Waals surface area (Å²) in [6.45, 7) is 5.60. The maximum Gasteiger partial charge on any atom is 0.287 e. The summed E-state index contributed by atoms with van der Waals surface area (Å²) in [6.07, 6.45) is 0. The zero-order valence-corrected chi connectivity index (χ0v) is 17.7. The van der Waals surface area contributed by atoms with Crippen LogP contribution >= 0.6 is 15.9 Å². The predicted molar refractivity (Wildman–Crippen MR) is 109 cm³/mol. The number of halogens is 1. The molecule has 0 spiro atoms. The van der Waals surface area contributed by atoms with Gasteiger partial charge in [0.25, 0.3) is 5.91 Å². The Kier molecular flexibility index (Phi) is 7.23. The summed E-state index contributed by atoms with van der Waals surface area (Å²) in [7, 11) is 0.911. The first kappa shape index (κ1) is 20.3. The molecule has 0 bridgehead atoms. The van der Waals surface area contributed by atoms with E-state index in [9.17, 15) is 9.00 Å². The Morgan fingerprint density at radius 2 is 1.85 bits per heavy atom. The molecule has 1 aliphatic rings. The zero-order chi connectivity index (χ0) is 19.2. The van der Waals surface area contributed by atoms with Gasteiger partial charge in [-0.05, 0) is 43.4 Å².